The van der Waals surface area contributed by atoms with Crippen molar-refractivity contribution in [3.63, 3.8) is 0 Å². The molecule has 0 aromatic carbocycles. The maximum Gasteiger partial charge on any atom is 0.246 e. The minimum absolute atomic E-state index is 0.499. The largest absolute Gasteiger partial charge is 0.246 e. The van der Waals surface area contributed by atoms with Crippen molar-refractivity contribution in [2.24, 2.45) is 4.99 Å². The Labute approximate surface area is 70.0 Å². The van der Waals surface area contributed by atoms with Crippen LogP contribution < -0.4 is 5.48 Å². The van der Waals surface area contributed by atoms with Crippen LogP contribution in [0.1, 0.15) is 13.8 Å². The van der Waals surface area contributed by atoms with E-state index in [1.54, 1.807) is 17.1 Å². The Morgan fingerprint density at radius 1 is 1.58 bits per heavy atom. The Morgan fingerprint density at radius 3 is 2.92 bits per heavy atom. The Morgan fingerprint density at radius 2 is 2.42 bits per heavy atom. The van der Waals surface area contributed by atoms with Crippen LogP contribution in [0.2, 0.25) is 0 Å². The minimum atomic E-state index is -0.499. The lowest BCUT2D eigenvalue weighted by Gasteiger charge is -2.08. The van der Waals surface area contributed by atoms with Crippen LogP contribution in [0.3, 0.4) is 0 Å². The maximum absolute atomic E-state index is 5.16. The van der Waals surface area contributed by atoms with Gasteiger partial charge in [-0.1, -0.05) is 0 Å². The van der Waals surface area contributed by atoms with E-state index in [1.165, 1.54) is 0 Å². The Balaban J connectivity index is 2.28. The summed E-state index contributed by atoms with van der Waals surface area (Å²) in [4.78, 5) is 9.41. The van der Waals surface area contributed by atoms with Gasteiger partial charge < -0.3 is 0 Å². The molecule has 0 aliphatic carbocycles. The van der Waals surface area contributed by atoms with Crippen LogP contribution in [-0.2, 0) is 4.84 Å². The number of nitrogens with one attached hydrogen (secondary N) is 1. The normalized spacial score (nSPS) is 20.3. The van der Waals surface area contributed by atoms with E-state index >= 15 is 0 Å². The van der Waals surface area contributed by atoms with Crippen molar-refractivity contribution in [3.8, 4) is 0 Å². The first kappa shape index (κ1) is 7.30. The molecular weight excluding hydrogens is 156 g/mol. The quantitative estimate of drug-likeness (QED) is 0.605. The van der Waals surface area contributed by atoms with E-state index in [1.807, 2.05) is 19.9 Å². The highest BCUT2D eigenvalue weighted by Crippen LogP contribution is 2.14. The number of rotatable bonds is 0. The first-order valence-electron chi connectivity index (χ1n) is 3.71. The molecule has 0 saturated carbocycles. The van der Waals surface area contributed by atoms with E-state index in [2.05, 4.69) is 15.6 Å². The highest BCUT2D eigenvalue weighted by Gasteiger charge is 2.26. The van der Waals surface area contributed by atoms with Gasteiger partial charge in [-0.2, -0.15) is 5.10 Å². The third kappa shape index (κ3) is 1.18. The molecular formula is C7H10N4O. The van der Waals surface area contributed by atoms with Gasteiger partial charge >= 0.3 is 0 Å². The molecule has 0 atom stereocenters. The molecule has 0 fully saturated rings. The number of aromatic nitrogens is 2. The second-order valence-corrected chi connectivity index (χ2v) is 3.04. The summed E-state index contributed by atoms with van der Waals surface area (Å²) in [6, 6.07) is 1.83. The molecule has 1 aliphatic rings. The molecule has 5 heteroatoms. The fourth-order valence-corrected chi connectivity index (χ4v) is 0.963. The molecule has 1 aliphatic heterocycles. The molecule has 0 spiro atoms. The summed E-state index contributed by atoms with van der Waals surface area (Å²) in [5, 5.41) is 4.01. The van der Waals surface area contributed by atoms with Gasteiger partial charge in [-0.25, -0.2) is 20.0 Å². The summed E-state index contributed by atoms with van der Waals surface area (Å²) in [6.45, 7) is 3.74. The van der Waals surface area contributed by atoms with Crippen LogP contribution >= 0.6 is 0 Å². The lowest BCUT2D eigenvalue weighted by Crippen LogP contribution is -2.27. The first-order valence-corrected chi connectivity index (χ1v) is 3.71. The number of aliphatic imine (C=N–C) groups is 1. The summed E-state index contributed by atoms with van der Waals surface area (Å²) < 4.78 is 1.62. The third-order valence-corrected chi connectivity index (χ3v) is 1.49. The zero-order valence-corrected chi connectivity index (χ0v) is 6.98. The van der Waals surface area contributed by atoms with E-state index in [4.69, 9.17) is 4.84 Å². The summed E-state index contributed by atoms with van der Waals surface area (Å²) in [5.74, 6) is 0.616. The molecule has 1 aromatic heterocycles. The molecule has 5 nitrogen and oxygen atoms in total. The molecule has 1 aromatic rings. The summed E-state index contributed by atoms with van der Waals surface area (Å²) in [6.07, 6.45) is 3.49. The fourth-order valence-electron chi connectivity index (χ4n) is 0.963. The van der Waals surface area contributed by atoms with E-state index in [9.17, 15) is 0 Å². The summed E-state index contributed by atoms with van der Waals surface area (Å²) >= 11 is 0. The van der Waals surface area contributed by atoms with Crippen LogP contribution in [0, 0.1) is 0 Å². The number of hydrogen-bond donors (Lipinski definition) is 1. The van der Waals surface area contributed by atoms with Crippen molar-refractivity contribution in [1.82, 2.24) is 15.3 Å². The van der Waals surface area contributed by atoms with E-state index in [0.717, 1.165) is 0 Å². The SMILES string of the molecule is CC1(C)N=C(n2cccn2)NO1. The fraction of sp³-hybridized carbons (Fsp3) is 0.429. The average Bonchev–Trinajstić information content (AvgIpc) is 2.55. The van der Waals surface area contributed by atoms with Gasteiger partial charge in [0.15, 0.2) is 5.72 Å². The molecule has 1 N–H and O–H groups in total. The molecule has 0 amide bonds. The molecule has 12 heavy (non-hydrogen) atoms. The van der Waals surface area contributed by atoms with Crippen LogP contribution in [0.4, 0.5) is 0 Å². The van der Waals surface area contributed by atoms with E-state index in [0.29, 0.717) is 5.96 Å². The molecule has 0 bridgehead atoms. The number of hydrogen-bond acceptors (Lipinski definition) is 4. The molecule has 0 unspecified atom stereocenters. The Hall–Kier alpha value is -1.36. The smallest absolute Gasteiger partial charge is 0.244 e. The molecule has 2 heterocycles. The molecule has 2 rings (SSSR count). The Bertz CT molecular complexity index is 301. The van der Waals surface area contributed by atoms with Gasteiger partial charge in [-0.3, -0.25) is 0 Å². The topological polar surface area (TPSA) is 51.4 Å². The predicted molar refractivity (Wildman–Crippen MR) is 43.4 cm³/mol. The van der Waals surface area contributed by atoms with Gasteiger partial charge in [0.25, 0.3) is 0 Å². The van der Waals surface area contributed by atoms with Crippen molar-refractivity contribution in [1.29, 1.82) is 0 Å². The number of nitrogens with zero attached hydrogens (tertiary/aromatic N) is 3. The molecule has 64 valence electrons. The van der Waals surface area contributed by atoms with E-state index in [-0.39, 0.29) is 0 Å². The van der Waals surface area contributed by atoms with Crippen molar-refractivity contribution in [2.45, 2.75) is 19.6 Å². The standard InChI is InChI=1S/C7H10N4O/c1-7(2)9-6(10-12-7)11-5-3-4-8-11/h3-5H,1-2H3,(H,9,10). The molecule has 0 saturated heterocycles. The minimum Gasteiger partial charge on any atom is -0.244 e. The van der Waals surface area contributed by atoms with Crippen molar-refractivity contribution in [3.05, 3.63) is 18.5 Å². The van der Waals surface area contributed by atoms with E-state index < -0.39 is 5.72 Å². The summed E-state index contributed by atoms with van der Waals surface area (Å²) in [7, 11) is 0. The second kappa shape index (κ2) is 2.31. The van der Waals surface area contributed by atoms with Crippen molar-refractivity contribution < 1.29 is 4.84 Å². The highest BCUT2D eigenvalue weighted by molar-refractivity contribution is 5.81. The van der Waals surface area contributed by atoms with Gasteiger partial charge in [-0.05, 0) is 19.9 Å². The zero-order valence-electron chi connectivity index (χ0n) is 6.98. The zero-order chi connectivity index (χ0) is 8.60. The molecule has 0 radical (unpaired) electrons. The van der Waals surface area contributed by atoms with Gasteiger partial charge in [0.05, 0.1) is 0 Å². The van der Waals surface area contributed by atoms with Crippen LogP contribution in [-0.4, -0.2) is 21.5 Å². The van der Waals surface area contributed by atoms with Gasteiger partial charge in [-0.15, -0.1) is 0 Å². The third-order valence-electron chi connectivity index (χ3n) is 1.49. The first-order chi connectivity index (χ1) is 5.67. The van der Waals surface area contributed by atoms with Gasteiger partial charge in [0, 0.05) is 12.4 Å². The maximum atomic E-state index is 5.16. The van der Waals surface area contributed by atoms with Crippen LogP contribution in [0.5, 0.6) is 0 Å². The predicted octanol–water partition coefficient (Wildman–Crippen LogP) is 0.358. The van der Waals surface area contributed by atoms with Crippen LogP contribution in [0.15, 0.2) is 23.5 Å². The lowest BCUT2D eigenvalue weighted by atomic mass is 10.3. The van der Waals surface area contributed by atoms with Gasteiger partial charge in [0.2, 0.25) is 5.96 Å². The number of hydroxylamine groups is 1. The highest BCUT2D eigenvalue weighted by atomic mass is 16.7. The van der Waals surface area contributed by atoms with Crippen LogP contribution in [0.25, 0.3) is 0 Å². The Kier molecular flexibility index (Phi) is 1.41. The summed E-state index contributed by atoms with van der Waals surface area (Å²) in [5.41, 5.74) is 2.20. The van der Waals surface area contributed by atoms with Crippen molar-refractivity contribution >= 4 is 5.96 Å². The van der Waals surface area contributed by atoms with Crippen molar-refractivity contribution in [2.75, 3.05) is 0 Å². The van der Waals surface area contributed by atoms with Gasteiger partial charge in [0.1, 0.15) is 0 Å². The second-order valence-electron chi connectivity index (χ2n) is 3.04. The monoisotopic (exact) mass is 166 g/mol. The lowest BCUT2D eigenvalue weighted by molar-refractivity contribution is -0.0277. The average molecular weight is 166 g/mol.